The van der Waals surface area contributed by atoms with E-state index in [1.54, 1.807) is 19.9 Å². The molecule has 0 saturated carbocycles. The summed E-state index contributed by atoms with van der Waals surface area (Å²) in [5, 5.41) is 0.987. The van der Waals surface area contributed by atoms with Gasteiger partial charge in [-0.3, -0.25) is 4.79 Å². The number of ether oxygens (including phenoxy) is 2. The molecule has 1 aromatic carbocycles. The number of nitrogens with one attached hydrogen (secondary N) is 1. The molecule has 2 rings (SSSR count). The zero-order valence-electron chi connectivity index (χ0n) is 13.3. The molecular weight excluding hydrogens is 386 g/mol. The molecule has 23 heavy (non-hydrogen) atoms. The van der Waals surface area contributed by atoms with Gasteiger partial charge in [0.25, 0.3) is 0 Å². The van der Waals surface area contributed by atoms with Crippen molar-refractivity contribution < 1.29 is 22.7 Å². The molecule has 1 N–H and O–H groups in total. The molecule has 6 nitrogen and oxygen atoms in total. The first-order valence-electron chi connectivity index (χ1n) is 7.32. The Morgan fingerprint density at radius 2 is 1.91 bits per heavy atom. The van der Waals surface area contributed by atoms with E-state index in [4.69, 9.17) is 9.47 Å². The van der Waals surface area contributed by atoms with Crippen molar-refractivity contribution in [3.63, 3.8) is 0 Å². The second-order valence-electron chi connectivity index (χ2n) is 5.60. The van der Waals surface area contributed by atoms with Crippen LogP contribution in [0.15, 0.2) is 16.6 Å². The van der Waals surface area contributed by atoms with Crippen LogP contribution in [0.2, 0.25) is 0 Å². The van der Waals surface area contributed by atoms with Crippen LogP contribution in [0.1, 0.15) is 26.3 Å². The van der Waals surface area contributed by atoms with E-state index in [-0.39, 0.29) is 6.54 Å². The maximum absolute atomic E-state index is 12.1. The van der Waals surface area contributed by atoms with Gasteiger partial charge in [-0.05, 0) is 54.4 Å². The number of fused-ring (bicyclic) bond motifs is 1. The summed E-state index contributed by atoms with van der Waals surface area (Å²) in [7, 11) is -3.47. The van der Waals surface area contributed by atoms with Gasteiger partial charge in [0.2, 0.25) is 5.91 Å². The lowest BCUT2D eigenvalue weighted by atomic mass is 10.2. The lowest BCUT2D eigenvalue weighted by Crippen LogP contribution is -2.40. The Morgan fingerprint density at radius 3 is 2.57 bits per heavy atom. The maximum atomic E-state index is 12.1. The topological polar surface area (TPSA) is 81.7 Å². The normalized spacial score (nSPS) is 15.3. The molecule has 1 aliphatic rings. The Hall–Kier alpha value is -1.28. The van der Waals surface area contributed by atoms with Crippen molar-refractivity contribution >= 4 is 31.7 Å². The fraction of sp³-hybridized carbons (Fsp3) is 0.533. The number of benzene rings is 1. The highest BCUT2D eigenvalue weighted by Crippen LogP contribution is 2.38. The van der Waals surface area contributed by atoms with Crippen LogP contribution in [0.4, 0.5) is 0 Å². The van der Waals surface area contributed by atoms with Gasteiger partial charge in [0, 0.05) is 6.54 Å². The van der Waals surface area contributed by atoms with E-state index >= 15 is 0 Å². The number of carbonyl (C=O) groups is 1. The van der Waals surface area contributed by atoms with Crippen molar-refractivity contribution in [2.24, 2.45) is 0 Å². The predicted octanol–water partition coefficient (Wildman–Crippen LogP) is 2.05. The largest absolute Gasteiger partial charge is 0.486 e. The first-order valence-corrected chi connectivity index (χ1v) is 9.72. The van der Waals surface area contributed by atoms with Crippen molar-refractivity contribution in [2.75, 3.05) is 13.2 Å². The average molecular weight is 406 g/mol. The number of hydrogen-bond donors (Lipinski definition) is 1. The summed E-state index contributed by atoms with van der Waals surface area (Å²) in [5.41, 5.74) is 0.795. The summed E-state index contributed by atoms with van der Waals surface area (Å²) in [6.45, 7) is 5.72. The van der Waals surface area contributed by atoms with E-state index in [1.807, 2.05) is 6.07 Å². The fourth-order valence-electron chi connectivity index (χ4n) is 2.16. The number of halogens is 1. The predicted molar refractivity (Wildman–Crippen MR) is 90.5 cm³/mol. The molecule has 0 aromatic heterocycles. The number of carbonyl (C=O) groups excluding carboxylic acids is 1. The molecule has 128 valence electrons. The van der Waals surface area contributed by atoms with E-state index in [0.29, 0.717) is 24.7 Å². The molecular formula is C15H20BrNO5S. The molecule has 1 amide bonds. The van der Waals surface area contributed by atoms with Crippen LogP contribution in [0.5, 0.6) is 11.5 Å². The zero-order valence-corrected chi connectivity index (χ0v) is 15.7. The Kier molecular flexibility index (Phi) is 5.57. The number of sulfone groups is 1. The number of amides is 1. The molecule has 8 heteroatoms. The quantitative estimate of drug-likeness (QED) is 0.810. The zero-order chi connectivity index (χ0) is 17.2. The Balaban J connectivity index is 2.06. The van der Waals surface area contributed by atoms with Gasteiger partial charge >= 0.3 is 0 Å². The van der Waals surface area contributed by atoms with Crippen LogP contribution >= 0.6 is 15.9 Å². The smallest absolute Gasteiger partial charge is 0.238 e. The van der Waals surface area contributed by atoms with Crippen LogP contribution in [0.25, 0.3) is 0 Å². The standard InChI is InChI=1S/C15H20BrNO5S/c1-9(2)23(19,20)10(3)15(18)17-8-11-6-12(16)14-13(7-11)21-4-5-22-14/h6-7,9-10H,4-5,8H2,1-3H3,(H,17,18)/t10-/m1/s1. The average Bonchev–Trinajstić information content (AvgIpc) is 2.51. The SMILES string of the molecule is CC(C)S(=O)(=O)[C@H](C)C(=O)NCc1cc(Br)c2c(c1)OCCO2. The first-order chi connectivity index (χ1) is 10.7. The van der Waals surface area contributed by atoms with Crippen LogP contribution in [-0.2, 0) is 21.2 Å². The molecule has 0 bridgehead atoms. The molecule has 0 aliphatic carbocycles. The summed E-state index contributed by atoms with van der Waals surface area (Å²) in [6.07, 6.45) is 0. The molecule has 1 heterocycles. The third-order valence-corrected chi connectivity index (χ3v) is 6.75. The van der Waals surface area contributed by atoms with Gasteiger partial charge in [0.1, 0.15) is 18.5 Å². The van der Waals surface area contributed by atoms with E-state index < -0.39 is 26.2 Å². The van der Waals surface area contributed by atoms with Crippen molar-refractivity contribution in [1.82, 2.24) is 5.32 Å². The highest BCUT2D eigenvalue weighted by atomic mass is 79.9. The summed E-state index contributed by atoms with van der Waals surface area (Å²) in [5.74, 6) is 0.740. The lowest BCUT2D eigenvalue weighted by molar-refractivity contribution is -0.120. The molecule has 1 atom stereocenters. The molecule has 1 aromatic rings. The minimum atomic E-state index is -3.47. The first kappa shape index (κ1) is 18.1. The summed E-state index contributed by atoms with van der Waals surface area (Å²) in [4.78, 5) is 12.1. The minimum Gasteiger partial charge on any atom is -0.486 e. The fourth-order valence-corrected chi connectivity index (χ4v) is 3.96. The highest BCUT2D eigenvalue weighted by molar-refractivity contribution is 9.10. The molecule has 0 spiro atoms. The Morgan fingerprint density at radius 1 is 1.26 bits per heavy atom. The van der Waals surface area contributed by atoms with E-state index in [9.17, 15) is 13.2 Å². The Labute approximate surface area is 144 Å². The van der Waals surface area contributed by atoms with E-state index in [1.165, 1.54) is 6.92 Å². The van der Waals surface area contributed by atoms with Gasteiger partial charge < -0.3 is 14.8 Å². The van der Waals surface area contributed by atoms with Gasteiger partial charge in [0.05, 0.1) is 9.72 Å². The van der Waals surface area contributed by atoms with Crippen LogP contribution in [-0.4, -0.2) is 38.0 Å². The van der Waals surface area contributed by atoms with Crippen molar-refractivity contribution in [3.8, 4) is 11.5 Å². The third kappa shape index (κ3) is 3.98. The number of hydrogen-bond acceptors (Lipinski definition) is 5. The molecule has 0 saturated heterocycles. The number of rotatable bonds is 5. The lowest BCUT2D eigenvalue weighted by Gasteiger charge is -2.21. The van der Waals surface area contributed by atoms with Crippen molar-refractivity contribution in [3.05, 3.63) is 22.2 Å². The summed E-state index contributed by atoms with van der Waals surface area (Å²) < 4.78 is 35.8. The molecule has 0 unspecified atom stereocenters. The van der Waals surface area contributed by atoms with Crippen LogP contribution in [0, 0.1) is 0 Å². The van der Waals surface area contributed by atoms with Gasteiger partial charge in [-0.2, -0.15) is 0 Å². The second kappa shape index (κ2) is 7.09. The summed E-state index contributed by atoms with van der Waals surface area (Å²) >= 11 is 3.41. The van der Waals surface area contributed by atoms with Gasteiger partial charge in [-0.15, -0.1) is 0 Å². The third-order valence-electron chi connectivity index (χ3n) is 3.64. The van der Waals surface area contributed by atoms with Crippen molar-refractivity contribution in [2.45, 2.75) is 37.8 Å². The van der Waals surface area contributed by atoms with Crippen LogP contribution in [0.3, 0.4) is 0 Å². The van der Waals surface area contributed by atoms with Gasteiger partial charge in [-0.1, -0.05) is 0 Å². The van der Waals surface area contributed by atoms with Crippen molar-refractivity contribution in [1.29, 1.82) is 0 Å². The molecule has 0 radical (unpaired) electrons. The van der Waals surface area contributed by atoms with Crippen LogP contribution < -0.4 is 14.8 Å². The van der Waals surface area contributed by atoms with E-state index in [0.717, 1.165) is 10.0 Å². The second-order valence-corrected chi connectivity index (χ2v) is 9.28. The van der Waals surface area contributed by atoms with Gasteiger partial charge in [0.15, 0.2) is 21.3 Å². The Bertz CT molecular complexity index is 702. The summed E-state index contributed by atoms with van der Waals surface area (Å²) in [6, 6.07) is 3.59. The highest BCUT2D eigenvalue weighted by Gasteiger charge is 2.30. The maximum Gasteiger partial charge on any atom is 0.238 e. The van der Waals surface area contributed by atoms with E-state index in [2.05, 4.69) is 21.2 Å². The minimum absolute atomic E-state index is 0.214. The molecule has 1 aliphatic heterocycles. The monoisotopic (exact) mass is 405 g/mol. The van der Waals surface area contributed by atoms with Gasteiger partial charge in [-0.25, -0.2) is 8.42 Å². The molecule has 0 fully saturated rings.